The first kappa shape index (κ1) is 47.6. The fourth-order valence-electron chi connectivity index (χ4n) is 10.8. The Morgan fingerprint density at radius 1 is 0.531 bits per heavy atom. The van der Waals surface area contributed by atoms with Gasteiger partial charge in [-0.25, -0.2) is 4.98 Å². The van der Waals surface area contributed by atoms with Crippen molar-refractivity contribution in [3.63, 3.8) is 0 Å². The van der Waals surface area contributed by atoms with Crippen LogP contribution in [0.4, 0.5) is 22.7 Å². The van der Waals surface area contributed by atoms with Crippen molar-refractivity contribution < 1.29 is 35.4 Å². The van der Waals surface area contributed by atoms with E-state index < -0.39 is 5.41 Å². The van der Waals surface area contributed by atoms with E-state index in [4.69, 9.17) is 13.0 Å². The molecule has 12 rings (SSSR count). The summed E-state index contributed by atoms with van der Waals surface area (Å²) in [5.74, 6) is 0.927. The fraction of sp³-hybridized carbons (Fsp3) is 0.270. The molecule has 5 nitrogen and oxygen atoms in total. The number of hydrogen-bond donors (Lipinski definition) is 0. The summed E-state index contributed by atoms with van der Waals surface area (Å²) in [5.41, 5.74) is 13.7. The van der Waals surface area contributed by atoms with Crippen LogP contribution in [-0.2, 0) is 48.1 Å². The molecule has 8 aromatic carbocycles. The van der Waals surface area contributed by atoms with Crippen molar-refractivity contribution in [2.45, 2.75) is 131 Å². The number of rotatable bonds is 7. The number of aromatic nitrogens is 2. The predicted molar refractivity (Wildman–Crippen MR) is 341 cm³/mol. The van der Waals surface area contributed by atoms with E-state index in [1.165, 1.54) is 33.6 Å². The van der Waals surface area contributed by atoms with Crippen molar-refractivity contribution in [2.24, 2.45) is 0 Å². The normalized spacial score (nSPS) is 14.6. The van der Waals surface area contributed by atoms with E-state index in [1.54, 1.807) is 4.57 Å². The Morgan fingerprint density at radius 3 is 1.67 bits per heavy atom. The number of anilines is 4. The molecule has 3 aromatic heterocycles. The Kier molecular flexibility index (Phi) is 11.9. The maximum atomic E-state index is 9.68. The summed E-state index contributed by atoms with van der Waals surface area (Å²) in [4.78, 5) is 9.16. The Labute approximate surface area is 508 Å². The van der Waals surface area contributed by atoms with Gasteiger partial charge in [-0.15, -0.1) is 59.4 Å². The molecule has 0 saturated carbocycles. The van der Waals surface area contributed by atoms with E-state index in [1.807, 2.05) is 63.2 Å². The van der Waals surface area contributed by atoms with Gasteiger partial charge in [-0.05, 0) is 108 Å². The standard InChI is InChI=1S/C74H73N4OS.Pt/c1-70(2,3)48-34-35-75-66(42-48)78-63-33-32-59-58-24-16-19-29-65(58)80-69(59)67(63)60-31-30-55(44-64(60)78)79-54-23-20-22-53(43-54)76-45-77(62-28-18-17-27-61(62)76)68-56(46-36-49(71(4,5)6)40-50(37-46)72(7,8)9)25-21-26-57(68)47-38-51(73(10,11)12)41-52(39-47)74(13,14)15;/h16-42,45H,1-15H3;/q-3;/i16D,19D,24D,29D,34D,35D,42D;. The molecule has 414 valence electrons. The Bertz CT molecular complexity index is 4510. The van der Waals surface area contributed by atoms with Gasteiger partial charge in [0, 0.05) is 92.6 Å². The molecule has 0 spiro atoms. The quantitative estimate of drug-likeness (QED) is 0.149. The minimum absolute atomic E-state index is 0. The molecule has 0 fully saturated rings. The molecular formula is C74H73N4OPtS-3. The minimum Gasteiger partial charge on any atom is -0.509 e. The molecule has 0 amide bonds. The monoisotopic (exact) mass is 1270 g/mol. The molecule has 0 unspecified atom stereocenters. The summed E-state index contributed by atoms with van der Waals surface area (Å²) in [6, 6.07) is 49.1. The third-order valence-electron chi connectivity index (χ3n) is 15.5. The van der Waals surface area contributed by atoms with Crippen molar-refractivity contribution in [1.82, 2.24) is 9.55 Å². The van der Waals surface area contributed by atoms with Crippen molar-refractivity contribution in [3.8, 4) is 39.6 Å². The van der Waals surface area contributed by atoms with Gasteiger partial charge in [0.15, 0.2) is 0 Å². The van der Waals surface area contributed by atoms with Crippen LogP contribution in [0.3, 0.4) is 0 Å². The molecule has 4 heterocycles. The number of hydrogen-bond acceptors (Lipinski definition) is 5. The molecule has 1 aliphatic rings. The van der Waals surface area contributed by atoms with Crippen molar-refractivity contribution in [1.29, 1.82) is 0 Å². The first-order valence-electron chi connectivity index (χ1n) is 31.2. The van der Waals surface area contributed by atoms with Gasteiger partial charge in [-0.3, -0.25) is 0 Å². The molecule has 0 N–H and O–H groups in total. The van der Waals surface area contributed by atoms with Crippen LogP contribution in [0.5, 0.6) is 11.5 Å². The molecular weight excluding hydrogens is 1190 g/mol. The molecule has 0 bridgehead atoms. The molecule has 0 atom stereocenters. The number of fused-ring (bicyclic) bond motifs is 8. The van der Waals surface area contributed by atoms with Gasteiger partial charge < -0.3 is 19.1 Å². The van der Waals surface area contributed by atoms with Gasteiger partial charge in [-0.1, -0.05) is 200 Å². The van der Waals surface area contributed by atoms with E-state index in [9.17, 15) is 1.37 Å². The van der Waals surface area contributed by atoms with Crippen molar-refractivity contribution in [3.05, 3.63) is 210 Å². The fourth-order valence-corrected chi connectivity index (χ4v) is 12.0. The SMILES string of the molecule is [2H]c1nc(-n2c3[c-]c(Oc4[c-]c(N5[CH-]N(c6c(-c7cc(C(C)(C)C)cc(C(C)(C)C)c7)cccc6-c6cc(C(C)(C)C)cc(C(C)(C)C)c6)c6ccccc65)ccc4)ccc3c3c4sc5c([2H])c([2H])c([2H])c([2H])c5c4ccc32)c([2H])c(C(C)(C)C)c1[2H].[Pt]. The molecule has 11 aromatic rings. The second-order valence-corrected chi connectivity index (χ2v) is 27.7. The molecule has 0 saturated heterocycles. The molecule has 0 radical (unpaired) electrons. The topological polar surface area (TPSA) is 33.5 Å². The van der Waals surface area contributed by atoms with Crippen LogP contribution < -0.4 is 14.5 Å². The van der Waals surface area contributed by atoms with E-state index in [-0.39, 0.29) is 91.0 Å². The molecule has 81 heavy (non-hydrogen) atoms. The van der Waals surface area contributed by atoms with E-state index in [0.717, 1.165) is 55.1 Å². The van der Waals surface area contributed by atoms with Crippen molar-refractivity contribution >= 4 is 76.1 Å². The first-order chi connectivity index (χ1) is 40.7. The van der Waals surface area contributed by atoms with E-state index >= 15 is 0 Å². The van der Waals surface area contributed by atoms with E-state index in [0.29, 0.717) is 49.0 Å². The summed E-state index contributed by atoms with van der Waals surface area (Å²) in [5, 5.41) is 2.56. The Hall–Kier alpha value is -6.98. The van der Waals surface area contributed by atoms with Crippen LogP contribution in [0.2, 0.25) is 0 Å². The molecule has 1 aliphatic heterocycles. The van der Waals surface area contributed by atoms with Crippen LogP contribution in [0.1, 0.15) is 141 Å². The van der Waals surface area contributed by atoms with Crippen molar-refractivity contribution in [2.75, 3.05) is 9.80 Å². The summed E-state index contributed by atoms with van der Waals surface area (Å²) in [7, 11) is 0. The Morgan fingerprint density at radius 2 is 1.07 bits per heavy atom. The number of para-hydroxylation sites is 3. The average molecular weight is 1270 g/mol. The van der Waals surface area contributed by atoms with Crippen LogP contribution in [0.15, 0.2) is 164 Å². The van der Waals surface area contributed by atoms with Crippen LogP contribution in [-0.4, -0.2) is 9.55 Å². The molecule has 7 heteroatoms. The number of nitrogens with zero attached hydrogens (tertiary/aromatic N) is 4. The maximum absolute atomic E-state index is 9.68. The minimum atomic E-state index is -0.673. The van der Waals surface area contributed by atoms with Crippen LogP contribution >= 0.6 is 11.3 Å². The third kappa shape index (κ3) is 10.3. The predicted octanol–water partition coefficient (Wildman–Crippen LogP) is 21.2. The summed E-state index contributed by atoms with van der Waals surface area (Å²) in [6.45, 7) is 35.4. The smallest absolute Gasteiger partial charge is 0.135 e. The summed E-state index contributed by atoms with van der Waals surface area (Å²) >= 11 is 1.29. The largest absolute Gasteiger partial charge is 0.509 e. The van der Waals surface area contributed by atoms with Crippen LogP contribution in [0, 0.1) is 18.8 Å². The van der Waals surface area contributed by atoms with E-state index in [2.05, 4.69) is 196 Å². The van der Waals surface area contributed by atoms with Gasteiger partial charge in [0.1, 0.15) is 5.82 Å². The van der Waals surface area contributed by atoms with Gasteiger partial charge in [0.25, 0.3) is 0 Å². The zero-order chi connectivity index (χ0) is 62.5. The number of benzene rings is 8. The third-order valence-corrected chi connectivity index (χ3v) is 16.7. The number of ether oxygens (including phenoxy) is 1. The van der Waals surface area contributed by atoms with Crippen LogP contribution in [0.25, 0.3) is 70.0 Å². The summed E-state index contributed by atoms with van der Waals surface area (Å²) < 4.78 is 72.3. The second-order valence-electron chi connectivity index (χ2n) is 26.6. The average Bonchev–Trinajstić information content (AvgIpc) is 1.62. The van der Waals surface area contributed by atoms with Gasteiger partial charge >= 0.3 is 0 Å². The number of pyridine rings is 1. The first-order valence-corrected chi connectivity index (χ1v) is 28.5. The van der Waals surface area contributed by atoms with Gasteiger partial charge in [0.05, 0.1) is 9.60 Å². The second kappa shape index (κ2) is 20.2. The zero-order valence-electron chi connectivity index (χ0n) is 56.0. The van der Waals surface area contributed by atoms with Gasteiger partial charge in [0.2, 0.25) is 0 Å². The summed E-state index contributed by atoms with van der Waals surface area (Å²) in [6.07, 6.45) is -0.265. The Balaban J connectivity index is 0.00000800. The zero-order valence-corrected chi connectivity index (χ0v) is 52.1. The number of thiophene rings is 1. The maximum Gasteiger partial charge on any atom is 0.135 e. The van der Waals surface area contributed by atoms with Gasteiger partial charge in [-0.2, -0.15) is 12.1 Å². The molecule has 0 aliphatic carbocycles.